The Balaban J connectivity index is 2.45. The van der Waals surface area contributed by atoms with Gasteiger partial charge in [0.05, 0.1) is 11.0 Å². The van der Waals surface area contributed by atoms with Crippen molar-refractivity contribution in [2.24, 2.45) is 0 Å². The van der Waals surface area contributed by atoms with E-state index >= 15 is 0 Å². The average Bonchev–Trinajstić information content (AvgIpc) is 2.56. The number of benzene rings is 1. The number of carbonyl (C=O) groups is 1. The maximum atomic E-state index is 11.6. The number of aromatic nitrogens is 2. The molecule has 0 fully saturated rings. The van der Waals surface area contributed by atoms with Gasteiger partial charge >= 0.3 is 0 Å². The predicted molar refractivity (Wildman–Crippen MR) is 70.8 cm³/mol. The number of amides is 1. The minimum atomic E-state index is -0.0653. The molecule has 0 atom stereocenters. The number of imidazole rings is 1. The summed E-state index contributed by atoms with van der Waals surface area (Å²) in [6, 6.07) is 5.43. The summed E-state index contributed by atoms with van der Waals surface area (Å²) in [5.41, 5.74) is 1.72. The smallest absolute Gasteiger partial charge is 0.240 e. The van der Waals surface area contributed by atoms with Gasteiger partial charge in [-0.15, -0.1) is 0 Å². The first-order valence-electron chi connectivity index (χ1n) is 5.26. The summed E-state index contributed by atoms with van der Waals surface area (Å²) in [4.78, 5) is 14.6. The van der Waals surface area contributed by atoms with Crippen LogP contribution < -0.4 is 5.32 Å². The van der Waals surface area contributed by atoms with Gasteiger partial charge in [-0.3, -0.25) is 4.79 Å². The minimum Gasteiger partial charge on any atom is -0.355 e. The van der Waals surface area contributed by atoms with Crippen LogP contribution in [-0.4, -0.2) is 22.0 Å². The van der Waals surface area contributed by atoms with Crippen molar-refractivity contribution in [1.29, 1.82) is 0 Å². The van der Waals surface area contributed by atoms with E-state index in [2.05, 4.69) is 10.3 Å². The number of H-pyrrole nitrogens is 1. The largest absolute Gasteiger partial charge is 0.355 e. The van der Waals surface area contributed by atoms with Gasteiger partial charge in [0.1, 0.15) is 6.54 Å². The lowest BCUT2D eigenvalue weighted by Crippen LogP contribution is -2.27. The van der Waals surface area contributed by atoms with E-state index in [1.165, 1.54) is 0 Å². The summed E-state index contributed by atoms with van der Waals surface area (Å²) in [5.74, 6) is -0.0653. The maximum absolute atomic E-state index is 11.6. The number of hydrogen-bond donors (Lipinski definition) is 2. The van der Waals surface area contributed by atoms with Crippen LogP contribution in [0.25, 0.3) is 11.0 Å². The molecule has 2 N–H and O–H groups in total. The number of nitrogens with one attached hydrogen (secondary N) is 2. The van der Waals surface area contributed by atoms with Crippen molar-refractivity contribution < 1.29 is 4.79 Å². The number of hydrogen-bond acceptors (Lipinski definition) is 2. The lowest BCUT2D eigenvalue weighted by Gasteiger charge is -2.04. The monoisotopic (exact) mass is 269 g/mol. The molecule has 0 radical (unpaired) electrons. The summed E-state index contributed by atoms with van der Waals surface area (Å²) in [7, 11) is 0. The molecule has 2 aromatic rings. The molecular formula is C11H12ClN3OS. The number of nitrogens with zero attached hydrogens (tertiary/aromatic N) is 1. The van der Waals surface area contributed by atoms with Crippen LogP contribution in [0.15, 0.2) is 18.2 Å². The third-order valence-electron chi connectivity index (χ3n) is 2.41. The number of fused-ring (bicyclic) bond motifs is 1. The highest BCUT2D eigenvalue weighted by Crippen LogP contribution is 2.19. The molecule has 1 amide bonds. The van der Waals surface area contributed by atoms with Gasteiger partial charge in [0.2, 0.25) is 5.91 Å². The lowest BCUT2D eigenvalue weighted by atomic mass is 10.3. The van der Waals surface area contributed by atoms with Gasteiger partial charge in [-0.1, -0.05) is 11.6 Å². The normalized spacial score (nSPS) is 10.7. The molecule has 1 aromatic heterocycles. The highest BCUT2D eigenvalue weighted by molar-refractivity contribution is 7.71. The lowest BCUT2D eigenvalue weighted by molar-refractivity contribution is -0.121. The van der Waals surface area contributed by atoms with Crippen LogP contribution in [0.4, 0.5) is 0 Å². The van der Waals surface area contributed by atoms with Crippen LogP contribution >= 0.6 is 23.8 Å². The third kappa shape index (κ3) is 2.50. The van der Waals surface area contributed by atoms with E-state index < -0.39 is 0 Å². The number of likely N-dealkylation sites (N-methyl/N-ethyl adjacent to an activating group) is 1. The van der Waals surface area contributed by atoms with Crippen molar-refractivity contribution in [3.8, 4) is 0 Å². The van der Waals surface area contributed by atoms with E-state index in [0.29, 0.717) is 16.3 Å². The van der Waals surface area contributed by atoms with Crippen molar-refractivity contribution >= 4 is 40.8 Å². The maximum Gasteiger partial charge on any atom is 0.240 e. The Morgan fingerprint density at radius 2 is 2.35 bits per heavy atom. The highest BCUT2D eigenvalue weighted by Gasteiger charge is 2.08. The van der Waals surface area contributed by atoms with Gasteiger partial charge in [-0.2, -0.15) is 0 Å². The second-order valence-corrected chi connectivity index (χ2v) is 4.45. The molecule has 4 nitrogen and oxygen atoms in total. The van der Waals surface area contributed by atoms with E-state index in [4.69, 9.17) is 23.8 Å². The molecule has 0 bridgehead atoms. The Bertz CT molecular complexity index is 617. The van der Waals surface area contributed by atoms with Gasteiger partial charge in [0.15, 0.2) is 4.77 Å². The predicted octanol–water partition coefficient (Wildman–Crippen LogP) is 2.49. The fourth-order valence-electron chi connectivity index (χ4n) is 1.68. The zero-order valence-electron chi connectivity index (χ0n) is 9.29. The number of rotatable bonds is 3. The second-order valence-electron chi connectivity index (χ2n) is 3.63. The Labute approximate surface area is 109 Å². The number of aromatic amines is 1. The van der Waals surface area contributed by atoms with Crippen molar-refractivity contribution in [1.82, 2.24) is 14.9 Å². The van der Waals surface area contributed by atoms with Crippen LogP contribution in [-0.2, 0) is 11.3 Å². The van der Waals surface area contributed by atoms with Gasteiger partial charge in [0, 0.05) is 11.6 Å². The van der Waals surface area contributed by atoms with E-state index in [9.17, 15) is 4.79 Å². The molecular weight excluding hydrogens is 258 g/mol. The molecule has 6 heteroatoms. The molecule has 0 spiro atoms. The quantitative estimate of drug-likeness (QED) is 0.841. The topological polar surface area (TPSA) is 49.8 Å². The minimum absolute atomic E-state index is 0.0653. The fraction of sp³-hybridized carbons (Fsp3) is 0.273. The molecule has 0 aliphatic rings. The molecule has 90 valence electrons. The molecule has 0 aliphatic heterocycles. The first kappa shape index (κ1) is 12.1. The Morgan fingerprint density at radius 3 is 3.06 bits per heavy atom. The molecule has 0 aliphatic carbocycles. The van der Waals surface area contributed by atoms with Crippen LogP contribution in [0.3, 0.4) is 0 Å². The van der Waals surface area contributed by atoms with Crippen LogP contribution in [0.1, 0.15) is 6.92 Å². The van der Waals surface area contributed by atoms with E-state index in [-0.39, 0.29) is 12.5 Å². The number of halogens is 1. The van der Waals surface area contributed by atoms with Crippen LogP contribution in [0.2, 0.25) is 5.02 Å². The molecule has 0 unspecified atom stereocenters. The average molecular weight is 270 g/mol. The van der Waals surface area contributed by atoms with Crippen molar-refractivity contribution in [2.75, 3.05) is 6.54 Å². The molecule has 17 heavy (non-hydrogen) atoms. The molecule has 0 saturated carbocycles. The second kappa shape index (κ2) is 4.89. The van der Waals surface area contributed by atoms with Crippen molar-refractivity contribution in [3.05, 3.63) is 28.0 Å². The van der Waals surface area contributed by atoms with Crippen molar-refractivity contribution in [3.63, 3.8) is 0 Å². The molecule has 2 rings (SSSR count). The summed E-state index contributed by atoms with van der Waals surface area (Å²) in [5, 5.41) is 3.36. The van der Waals surface area contributed by atoms with E-state index in [1.54, 1.807) is 16.7 Å². The van der Waals surface area contributed by atoms with Crippen molar-refractivity contribution in [2.45, 2.75) is 13.5 Å². The van der Waals surface area contributed by atoms with Crippen LogP contribution in [0.5, 0.6) is 0 Å². The molecule has 1 aromatic carbocycles. The summed E-state index contributed by atoms with van der Waals surface area (Å²) in [6.45, 7) is 2.69. The Kier molecular flexibility index (Phi) is 3.49. The standard InChI is InChI=1S/C11H12ClN3OS/c1-2-13-10(16)6-15-9-5-7(12)3-4-8(9)14-11(15)17/h3-5H,2,6H2,1H3,(H,13,16)(H,14,17). The van der Waals surface area contributed by atoms with Gasteiger partial charge in [-0.05, 0) is 37.3 Å². The van der Waals surface area contributed by atoms with Gasteiger partial charge in [-0.25, -0.2) is 0 Å². The third-order valence-corrected chi connectivity index (χ3v) is 2.97. The Morgan fingerprint density at radius 1 is 1.59 bits per heavy atom. The zero-order valence-corrected chi connectivity index (χ0v) is 10.9. The van der Waals surface area contributed by atoms with E-state index in [0.717, 1.165) is 11.0 Å². The summed E-state index contributed by atoms with van der Waals surface area (Å²) in [6.07, 6.45) is 0. The molecule has 1 heterocycles. The van der Waals surface area contributed by atoms with Gasteiger partial charge in [0.25, 0.3) is 0 Å². The fourth-order valence-corrected chi connectivity index (χ4v) is 2.12. The summed E-state index contributed by atoms with van der Waals surface area (Å²) >= 11 is 11.1. The zero-order chi connectivity index (χ0) is 12.4. The summed E-state index contributed by atoms with van der Waals surface area (Å²) < 4.78 is 2.26. The SMILES string of the molecule is CCNC(=O)Cn1c(=S)[nH]c2ccc(Cl)cc21. The van der Waals surface area contributed by atoms with E-state index in [1.807, 2.05) is 13.0 Å². The Hall–Kier alpha value is -1.33. The van der Waals surface area contributed by atoms with Gasteiger partial charge < -0.3 is 14.9 Å². The highest BCUT2D eigenvalue weighted by atomic mass is 35.5. The first-order chi connectivity index (χ1) is 8.11. The van der Waals surface area contributed by atoms with Crippen LogP contribution in [0, 0.1) is 4.77 Å². The first-order valence-corrected chi connectivity index (χ1v) is 6.05. The number of carbonyl (C=O) groups excluding carboxylic acids is 1. The molecule has 0 saturated heterocycles.